The van der Waals surface area contributed by atoms with E-state index in [9.17, 15) is 0 Å². The molecule has 0 aliphatic carbocycles. The number of methoxy groups -OCH3 is 1. The number of fused-ring (bicyclic) bond motifs is 2. The summed E-state index contributed by atoms with van der Waals surface area (Å²) in [7, 11) is 1.69. The molecule has 3 nitrogen and oxygen atoms in total. The average molecular weight is 397 g/mol. The van der Waals surface area contributed by atoms with Crippen molar-refractivity contribution in [3.8, 4) is 5.75 Å². The molecule has 1 heterocycles. The summed E-state index contributed by atoms with van der Waals surface area (Å²) in [6, 6.07) is 14.3. The second-order valence-corrected chi connectivity index (χ2v) is 7.07. The average Bonchev–Trinajstić information content (AvgIpc) is 2.63. The lowest BCUT2D eigenvalue weighted by atomic mass is 10.1. The van der Waals surface area contributed by atoms with Gasteiger partial charge in [0, 0.05) is 29.0 Å². The fourth-order valence-electron chi connectivity index (χ4n) is 2.73. The highest BCUT2D eigenvalue weighted by atomic mass is 35.5. The molecule has 3 aromatic rings. The second kappa shape index (κ2) is 9.95. The van der Waals surface area contributed by atoms with E-state index in [0.717, 1.165) is 63.6 Å². The Morgan fingerprint density at radius 2 is 1.88 bits per heavy atom. The molecule has 0 bridgehead atoms. The molecule has 6 heteroatoms. The van der Waals surface area contributed by atoms with Crippen LogP contribution in [0.5, 0.6) is 5.75 Å². The van der Waals surface area contributed by atoms with Crippen LogP contribution in [-0.4, -0.2) is 36.0 Å². The van der Waals surface area contributed by atoms with Crippen LogP contribution in [0, 0.1) is 0 Å². The lowest BCUT2D eigenvalue weighted by Crippen LogP contribution is -2.05. The molecular weight excluding hydrogens is 375 g/mol. The minimum Gasteiger partial charge on any atom is -0.497 e. The third-order valence-corrected chi connectivity index (χ3v) is 5.36. The van der Waals surface area contributed by atoms with Gasteiger partial charge in [0.25, 0.3) is 0 Å². The molecule has 0 aliphatic rings. The molecule has 134 valence electrons. The van der Waals surface area contributed by atoms with Gasteiger partial charge in [-0.3, -0.25) is 0 Å². The van der Waals surface area contributed by atoms with Crippen molar-refractivity contribution >= 4 is 63.3 Å². The number of thioether (sulfide) groups is 1. The Balaban J connectivity index is 0.00000225. The number of pyridine rings is 1. The van der Waals surface area contributed by atoms with Crippen LogP contribution in [0.2, 0.25) is 0 Å². The Hall–Kier alpha value is -1.36. The minimum atomic E-state index is 0. The van der Waals surface area contributed by atoms with E-state index in [-0.39, 0.29) is 12.4 Å². The van der Waals surface area contributed by atoms with Gasteiger partial charge < -0.3 is 10.1 Å². The summed E-state index contributed by atoms with van der Waals surface area (Å²) in [5.41, 5.74) is 3.12. The maximum Gasteiger partial charge on any atom is 0.119 e. The normalized spacial score (nSPS) is 10.6. The van der Waals surface area contributed by atoms with Gasteiger partial charge in [-0.1, -0.05) is 18.2 Å². The van der Waals surface area contributed by atoms with Gasteiger partial charge in [0.15, 0.2) is 0 Å². The van der Waals surface area contributed by atoms with E-state index >= 15 is 0 Å². The number of nitrogens with one attached hydrogen (secondary N) is 1. The van der Waals surface area contributed by atoms with Crippen LogP contribution in [0.25, 0.3) is 21.8 Å². The molecular formula is C19H22Cl2N2OS. The number of ether oxygens (including phenoxy) is 1. The van der Waals surface area contributed by atoms with Gasteiger partial charge in [0.2, 0.25) is 0 Å². The van der Waals surface area contributed by atoms with Crippen LogP contribution >= 0.6 is 35.8 Å². The quantitative estimate of drug-likeness (QED) is 0.305. The number of anilines is 1. The van der Waals surface area contributed by atoms with Crippen molar-refractivity contribution in [3.05, 3.63) is 42.5 Å². The molecule has 0 fully saturated rings. The Kier molecular flexibility index (Phi) is 7.94. The Bertz CT molecular complexity index is 829. The SMILES string of the molecule is COc1ccc2nc3ccccc3c(NCCCSCCCl)c2c1.Cl. The van der Waals surface area contributed by atoms with Crippen LogP contribution in [0.1, 0.15) is 6.42 Å². The summed E-state index contributed by atoms with van der Waals surface area (Å²) >= 11 is 7.61. The third-order valence-electron chi connectivity index (χ3n) is 3.88. The molecule has 0 aliphatic heterocycles. The zero-order chi connectivity index (χ0) is 16.8. The standard InChI is InChI=1S/C19H21ClN2OS.ClH/c1-23-14-7-8-18-16(13-14)19(21-10-4-11-24-12-9-20)15-5-2-3-6-17(15)22-18;/h2-3,5-8,13H,4,9-12H2,1H3,(H,21,22);1H. The molecule has 1 aromatic heterocycles. The lowest BCUT2D eigenvalue weighted by Gasteiger charge is -2.14. The highest BCUT2D eigenvalue weighted by Gasteiger charge is 2.09. The van der Waals surface area contributed by atoms with Crippen LogP contribution < -0.4 is 10.1 Å². The molecule has 0 amide bonds. The van der Waals surface area contributed by atoms with Crippen molar-refractivity contribution in [2.45, 2.75) is 6.42 Å². The van der Waals surface area contributed by atoms with E-state index in [1.54, 1.807) is 7.11 Å². The summed E-state index contributed by atoms with van der Waals surface area (Å²) in [4.78, 5) is 4.77. The predicted molar refractivity (Wildman–Crippen MR) is 114 cm³/mol. The summed E-state index contributed by atoms with van der Waals surface area (Å²) in [6.07, 6.45) is 1.10. The minimum absolute atomic E-state index is 0. The van der Waals surface area contributed by atoms with E-state index in [1.165, 1.54) is 0 Å². The number of halogens is 2. The summed E-state index contributed by atoms with van der Waals surface area (Å²) in [5.74, 6) is 3.70. The zero-order valence-electron chi connectivity index (χ0n) is 14.1. The first-order valence-corrected chi connectivity index (χ1v) is 9.76. The molecule has 25 heavy (non-hydrogen) atoms. The number of nitrogens with zero attached hydrogens (tertiary/aromatic N) is 1. The van der Waals surface area contributed by atoms with Crippen molar-refractivity contribution in [1.29, 1.82) is 0 Å². The summed E-state index contributed by atoms with van der Waals surface area (Å²) in [6.45, 7) is 0.926. The van der Waals surface area contributed by atoms with E-state index in [4.69, 9.17) is 21.3 Å². The van der Waals surface area contributed by atoms with Gasteiger partial charge in [-0.05, 0) is 36.4 Å². The first-order valence-electron chi connectivity index (χ1n) is 8.07. The van der Waals surface area contributed by atoms with Gasteiger partial charge in [-0.15, -0.1) is 24.0 Å². The number of benzene rings is 2. The third kappa shape index (κ3) is 4.84. The maximum absolute atomic E-state index is 5.71. The Morgan fingerprint density at radius 3 is 2.68 bits per heavy atom. The number of para-hydroxylation sites is 1. The van der Waals surface area contributed by atoms with Gasteiger partial charge >= 0.3 is 0 Å². The number of alkyl halides is 1. The molecule has 3 rings (SSSR count). The van der Waals surface area contributed by atoms with Gasteiger partial charge in [-0.25, -0.2) is 4.98 Å². The molecule has 0 saturated carbocycles. The monoisotopic (exact) mass is 396 g/mol. The number of hydrogen-bond acceptors (Lipinski definition) is 4. The number of rotatable bonds is 8. The highest BCUT2D eigenvalue weighted by Crippen LogP contribution is 2.32. The largest absolute Gasteiger partial charge is 0.497 e. The van der Waals surface area contributed by atoms with Crippen LogP contribution in [0.3, 0.4) is 0 Å². The van der Waals surface area contributed by atoms with E-state index in [1.807, 2.05) is 30.0 Å². The van der Waals surface area contributed by atoms with Crippen molar-refractivity contribution in [2.75, 3.05) is 36.4 Å². The molecule has 1 N–H and O–H groups in total. The van der Waals surface area contributed by atoms with Crippen molar-refractivity contribution in [1.82, 2.24) is 4.98 Å². The molecule has 0 spiro atoms. The maximum atomic E-state index is 5.71. The summed E-state index contributed by atoms with van der Waals surface area (Å²) in [5, 5.41) is 5.86. The van der Waals surface area contributed by atoms with Crippen LogP contribution in [0.4, 0.5) is 5.69 Å². The Morgan fingerprint density at radius 1 is 1.08 bits per heavy atom. The second-order valence-electron chi connectivity index (χ2n) is 5.47. The van der Waals surface area contributed by atoms with E-state index in [2.05, 4.69) is 29.6 Å². The van der Waals surface area contributed by atoms with Gasteiger partial charge in [0.1, 0.15) is 5.75 Å². The fraction of sp³-hybridized carbons (Fsp3) is 0.316. The van der Waals surface area contributed by atoms with Gasteiger partial charge in [-0.2, -0.15) is 11.8 Å². The Labute approximate surface area is 163 Å². The molecule has 0 radical (unpaired) electrons. The fourth-order valence-corrected chi connectivity index (χ4v) is 3.72. The molecule has 2 aromatic carbocycles. The van der Waals surface area contributed by atoms with Crippen molar-refractivity contribution < 1.29 is 4.74 Å². The first-order chi connectivity index (χ1) is 11.8. The highest BCUT2D eigenvalue weighted by molar-refractivity contribution is 7.99. The molecule has 0 saturated heterocycles. The first kappa shape index (κ1) is 20.0. The molecule has 0 unspecified atom stereocenters. The van der Waals surface area contributed by atoms with Crippen molar-refractivity contribution in [2.24, 2.45) is 0 Å². The predicted octanol–water partition coefficient (Wildman–Crippen LogP) is 5.59. The van der Waals surface area contributed by atoms with Gasteiger partial charge in [0.05, 0.1) is 23.8 Å². The topological polar surface area (TPSA) is 34.1 Å². The van der Waals surface area contributed by atoms with Crippen LogP contribution in [0.15, 0.2) is 42.5 Å². The molecule has 0 atom stereocenters. The van der Waals surface area contributed by atoms with E-state index in [0.29, 0.717) is 0 Å². The van der Waals surface area contributed by atoms with E-state index < -0.39 is 0 Å². The smallest absolute Gasteiger partial charge is 0.119 e. The zero-order valence-corrected chi connectivity index (χ0v) is 16.5. The number of aromatic nitrogens is 1. The van der Waals surface area contributed by atoms with Crippen LogP contribution in [-0.2, 0) is 0 Å². The number of hydrogen-bond donors (Lipinski definition) is 1. The van der Waals surface area contributed by atoms with Crippen molar-refractivity contribution in [3.63, 3.8) is 0 Å². The summed E-state index contributed by atoms with van der Waals surface area (Å²) < 4.78 is 5.39. The lowest BCUT2D eigenvalue weighted by molar-refractivity contribution is 0.415.